The Morgan fingerprint density at radius 2 is 2.07 bits per heavy atom. The Hall–Kier alpha value is -1.10. The zero-order valence-corrected chi connectivity index (χ0v) is 9.89. The molecule has 15 heavy (non-hydrogen) atoms. The zero-order valence-electron chi connectivity index (χ0n) is 9.07. The van der Waals surface area contributed by atoms with Gasteiger partial charge in [0.2, 0.25) is 0 Å². The summed E-state index contributed by atoms with van der Waals surface area (Å²) < 4.78 is 0. The van der Waals surface area contributed by atoms with E-state index >= 15 is 0 Å². The van der Waals surface area contributed by atoms with Crippen molar-refractivity contribution in [3.8, 4) is 0 Å². The lowest BCUT2D eigenvalue weighted by molar-refractivity contribution is 0.0690. The fourth-order valence-electron chi connectivity index (χ4n) is 1.14. The van der Waals surface area contributed by atoms with Crippen LogP contribution in [-0.2, 0) is 0 Å². The van der Waals surface area contributed by atoms with Crippen LogP contribution in [0.3, 0.4) is 0 Å². The summed E-state index contributed by atoms with van der Waals surface area (Å²) >= 11 is 1.44. The van der Waals surface area contributed by atoms with E-state index in [-0.39, 0.29) is 0 Å². The third-order valence-corrected chi connectivity index (χ3v) is 3.25. The first kappa shape index (κ1) is 12.0. The van der Waals surface area contributed by atoms with Crippen LogP contribution in [0.25, 0.3) is 0 Å². The summed E-state index contributed by atoms with van der Waals surface area (Å²) in [5, 5.41) is 17.5. The minimum absolute atomic E-state index is 0.293. The van der Waals surface area contributed by atoms with Crippen molar-refractivity contribution in [1.29, 1.82) is 0 Å². The molecule has 5 heteroatoms. The van der Waals surface area contributed by atoms with Gasteiger partial charge in [-0.1, -0.05) is 6.92 Å². The van der Waals surface area contributed by atoms with Crippen molar-refractivity contribution in [2.75, 3.05) is 5.75 Å². The van der Waals surface area contributed by atoms with Gasteiger partial charge in [0.1, 0.15) is 5.03 Å². The van der Waals surface area contributed by atoms with E-state index in [1.165, 1.54) is 11.8 Å². The van der Waals surface area contributed by atoms with Crippen LogP contribution in [0, 0.1) is 13.8 Å². The van der Waals surface area contributed by atoms with Gasteiger partial charge in [-0.05, 0) is 31.6 Å². The summed E-state index contributed by atoms with van der Waals surface area (Å²) in [6.45, 7) is 5.58. The molecule has 0 radical (unpaired) electrons. The molecule has 1 heterocycles. The third kappa shape index (κ3) is 2.68. The zero-order chi connectivity index (χ0) is 11.4. The summed E-state index contributed by atoms with van der Waals surface area (Å²) in [7, 11) is 0. The van der Waals surface area contributed by atoms with Crippen LogP contribution >= 0.6 is 11.8 Å². The number of thioether (sulfide) groups is 1. The van der Waals surface area contributed by atoms with E-state index in [4.69, 9.17) is 5.11 Å². The second-order valence-electron chi connectivity index (χ2n) is 3.24. The maximum absolute atomic E-state index is 11.1. The van der Waals surface area contributed by atoms with Crippen LogP contribution in [0.2, 0.25) is 0 Å². The molecular formula is C10H14N2O2S. The highest BCUT2D eigenvalue weighted by atomic mass is 32.2. The average Bonchev–Trinajstić information content (AvgIpc) is 2.19. The smallest absolute Gasteiger partial charge is 0.338 e. The van der Waals surface area contributed by atoms with E-state index in [0.29, 0.717) is 21.8 Å². The molecule has 0 aromatic carbocycles. The molecule has 4 nitrogen and oxygen atoms in total. The van der Waals surface area contributed by atoms with Crippen LogP contribution in [0.1, 0.15) is 35.0 Å². The molecule has 0 bridgehead atoms. The number of hydrogen-bond acceptors (Lipinski definition) is 4. The molecule has 0 saturated carbocycles. The first-order valence-corrected chi connectivity index (χ1v) is 5.76. The molecule has 82 valence electrons. The van der Waals surface area contributed by atoms with Gasteiger partial charge in [-0.3, -0.25) is 0 Å². The van der Waals surface area contributed by atoms with Crippen molar-refractivity contribution in [2.24, 2.45) is 0 Å². The van der Waals surface area contributed by atoms with Crippen LogP contribution < -0.4 is 0 Å². The lowest BCUT2D eigenvalue weighted by Crippen LogP contribution is -2.08. The molecule has 0 unspecified atom stereocenters. The van der Waals surface area contributed by atoms with Crippen LogP contribution in [0.4, 0.5) is 0 Å². The normalized spacial score (nSPS) is 10.3. The van der Waals surface area contributed by atoms with Gasteiger partial charge in [0.15, 0.2) is 0 Å². The fourth-order valence-corrected chi connectivity index (χ4v) is 2.02. The molecule has 1 aromatic heterocycles. The molecule has 1 rings (SSSR count). The maximum Gasteiger partial charge on any atom is 0.338 e. The molecule has 1 N–H and O–H groups in total. The quantitative estimate of drug-likeness (QED) is 0.798. The second kappa shape index (κ2) is 5.11. The summed E-state index contributed by atoms with van der Waals surface area (Å²) in [6, 6.07) is 0. The molecule has 0 spiro atoms. The van der Waals surface area contributed by atoms with E-state index in [2.05, 4.69) is 10.2 Å². The van der Waals surface area contributed by atoms with E-state index < -0.39 is 5.97 Å². The number of carbonyl (C=O) groups is 1. The lowest BCUT2D eigenvalue weighted by atomic mass is 10.1. The van der Waals surface area contributed by atoms with Gasteiger partial charge in [-0.15, -0.1) is 16.9 Å². The van der Waals surface area contributed by atoms with E-state index in [1.807, 2.05) is 6.92 Å². The Labute approximate surface area is 93.1 Å². The number of carboxylic acids is 1. The SMILES string of the molecule is CCCSc1nnc(C)c(C)c1C(=O)O. The van der Waals surface area contributed by atoms with Crippen LogP contribution in [0.5, 0.6) is 0 Å². The van der Waals surface area contributed by atoms with E-state index in [0.717, 1.165) is 12.2 Å². The van der Waals surface area contributed by atoms with Gasteiger partial charge in [0.05, 0.1) is 11.3 Å². The van der Waals surface area contributed by atoms with E-state index in [1.54, 1.807) is 13.8 Å². The molecule has 0 aliphatic rings. The monoisotopic (exact) mass is 226 g/mol. The Bertz CT molecular complexity index is 380. The van der Waals surface area contributed by atoms with Crippen molar-refractivity contribution >= 4 is 17.7 Å². The number of carboxylic acid groups (broad SMARTS) is 1. The molecular weight excluding hydrogens is 212 g/mol. The Balaban J connectivity index is 3.15. The number of aromatic carboxylic acids is 1. The molecule has 0 fully saturated rings. The topological polar surface area (TPSA) is 63.1 Å². The average molecular weight is 226 g/mol. The van der Waals surface area contributed by atoms with Crippen molar-refractivity contribution < 1.29 is 9.90 Å². The van der Waals surface area contributed by atoms with Crippen LogP contribution in [0.15, 0.2) is 5.03 Å². The third-order valence-electron chi connectivity index (χ3n) is 2.08. The highest BCUT2D eigenvalue weighted by molar-refractivity contribution is 7.99. The van der Waals surface area contributed by atoms with Gasteiger partial charge in [0.25, 0.3) is 0 Å². The highest BCUT2D eigenvalue weighted by Gasteiger charge is 2.17. The fraction of sp³-hybridized carbons (Fsp3) is 0.500. The van der Waals surface area contributed by atoms with Crippen molar-refractivity contribution in [2.45, 2.75) is 32.2 Å². The number of aryl methyl sites for hydroxylation is 1. The Morgan fingerprint density at radius 1 is 1.40 bits per heavy atom. The summed E-state index contributed by atoms with van der Waals surface area (Å²) in [4.78, 5) is 11.1. The Morgan fingerprint density at radius 3 is 2.60 bits per heavy atom. The van der Waals surface area contributed by atoms with Gasteiger partial charge in [-0.25, -0.2) is 4.79 Å². The van der Waals surface area contributed by atoms with Crippen molar-refractivity contribution in [3.05, 3.63) is 16.8 Å². The lowest BCUT2D eigenvalue weighted by Gasteiger charge is -2.07. The minimum atomic E-state index is -0.927. The molecule has 0 amide bonds. The van der Waals surface area contributed by atoms with Gasteiger partial charge in [0, 0.05) is 0 Å². The largest absolute Gasteiger partial charge is 0.478 e. The standard InChI is InChI=1S/C10H14N2O2S/c1-4-5-15-9-8(10(13)14)6(2)7(3)11-12-9/h4-5H2,1-3H3,(H,13,14). The maximum atomic E-state index is 11.1. The van der Waals surface area contributed by atoms with Gasteiger partial charge in [-0.2, -0.15) is 5.10 Å². The first-order chi connectivity index (χ1) is 7.07. The van der Waals surface area contributed by atoms with Gasteiger partial charge >= 0.3 is 5.97 Å². The number of hydrogen-bond donors (Lipinski definition) is 1. The first-order valence-electron chi connectivity index (χ1n) is 4.77. The van der Waals surface area contributed by atoms with Crippen molar-refractivity contribution in [3.63, 3.8) is 0 Å². The Kier molecular flexibility index (Phi) is 4.08. The molecule has 0 atom stereocenters. The molecule has 0 aliphatic carbocycles. The molecule has 1 aromatic rings. The number of aromatic nitrogens is 2. The van der Waals surface area contributed by atoms with E-state index in [9.17, 15) is 4.79 Å². The summed E-state index contributed by atoms with van der Waals surface area (Å²) in [5.74, 6) is -0.0682. The summed E-state index contributed by atoms with van der Waals surface area (Å²) in [6.07, 6.45) is 0.984. The predicted molar refractivity (Wildman–Crippen MR) is 59.5 cm³/mol. The minimum Gasteiger partial charge on any atom is -0.478 e. The number of nitrogens with zero attached hydrogens (tertiary/aromatic N) is 2. The molecule has 0 aliphatic heterocycles. The highest BCUT2D eigenvalue weighted by Crippen LogP contribution is 2.24. The van der Waals surface area contributed by atoms with Gasteiger partial charge < -0.3 is 5.11 Å². The van der Waals surface area contributed by atoms with Crippen molar-refractivity contribution in [1.82, 2.24) is 10.2 Å². The number of rotatable bonds is 4. The second-order valence-corrected chi connectivity index (χ2v) is 4.33. The predicted octanol–water partition coefficient (Wildman–Crippen LogP) is 2.29. The molecule has 0 saturated heterocycles. The van der Waals surface area contributed by atoms with Crippen LogP contribution in [-0.4, -0.2) is 27.0 Å². The summed E-state index contributed by atoms with van der Waals surface area (Å²) in [5.41, 5.74) is 1.67.